The molecule has 4 atom stereocenters. The van der Waals surface area contributed by atoms with E-state index in [4.69, 9.17) is 0 Å². The van der Waals surface area contributed by atoms with Crippen molar-refractivity contribution in [2.75, 3.05) is 6.61 Å². The SMILES string of the molecule is CCCCCCCCCCCCCCCCCC/C=C/CC/C=C/CCCC(O)C(O)C(CO)NC(=O)C(O)CCCCCCCCCCCCCCCCCCC. The first-order valence-corrected chi connectivity index (χ1v) is 25.7. The zero-order chi connectivity index (χ0) is 42.4. The summed E-state index contributed by atoms with van der Waals surface area (Å²) in [5, 5.41) is 43.8. The van der Waals surface area contributed by atoms with E-state index in [2.05, 4.69) is 43.5 Å². The van der Waals surface area contributed by atoms with Crippen molar-refractivity contribution in [3.05, 3.63) is 24.3 Å². The molecule has 0 bridgehead atoms. The van der Waals surface area contributed by atoms with Gasteiger partial charge in [-0.1, -0.05) is 244 Å². The maximum absolute atomic E-state index is 12.5. The summed E-state index contributed by atoms with van der Waals surface area (Å²) in [6.07, 6.45) is 55.2. The Hall–Kier alpha value is -1.21. The van der Waals surface area contributed by atoms with Crippen LogP contribution in [0, 0.1) is 0 Å². The van der Waals surface area contributed by atoms with E-state index < -0.39 is 36.9 Å². The molecule has 4 unspecified atom stereocenters. The van der Waals surface area contributed by atoms with Gasteiger partial charge in [0.25, 0.3) is 0 Å². The second-order valence-corrected chi connectivity index (χ2v) is 17.9. The van der Waals surface area contributed by atoms with Gasteiger partial charge in [-0.25, -0.2) is 0 Å². The Kier molecular flexibility index (Phi) is 45.9. The van der Waals surface area contributed by atoms with E-state index in [-0.39, 0.29) is 0 Å². The first-order valence-electron chi connectivity index (χ1n) is 25.7. The molecule has 6 nitrogen and oxygen atoms in total. The fraction of sp³-hybridized carbons (Fsp3) is 0.904. The lowest BCUT2D eigenvalue weighted by Gasteiger charge is -2.27. The number of unbranched alkanes of at least 4 members (excludes halogenated alkanes) is 34. The minimum atomic E-state index is -1.29. The highest BCUT2D eigenvalue weighted by molar-refractivity contribution is 5.80. The van der Waals surface area contributed by atoms with E-state index in [0.29, 0.717) is 19.3 Å². The molecule has 0 radical (unpaired) electrons. The van der Waals surface area contributed by atoms with Crippen LogP contribution in [0.1, 0.15) is 271 Å². The number of carbonyl (C=O) groups is 1. The molecule has 0 saturated carbocycles. The largest absolute Gasteiger partial charge is 0.394 e. The number of allylic oxidation sites excluding steroid dienone is 4. The van der Waals surface area contributed by atoms with Gasteiger partial charge in [0.15, 0.2) is 0 Å². The lowest BCUT2D eigenvalue weighted by Crippen LogP contribution is -2.53. The second kappa shape index (κ2) is 46.8. The number of hydrogen-bond acceptors (Lipinski definition) is 5. The summed E-state index contributed by atoms with van der Waals surface area (Å²) in [5.41, 5.74) is 0. The number of nitrogens with one attached hydrogen (secondary N) is 1. The van der Waals surface area contributed by atoms with E-state index in [9.17, 15) is 25.2 Å². The molecule has 6 heteroatoms. The maximum Gasteiger partial charge on any atom is 0.249 e. The summed E-state index contributed by atoms with van der Waals surface area (Å²) in [6.45, 7) is 4.06. The molecule has 0 aromatic heterocycles. The highest BCUT2D eigenvalue weighted by Gasteiger charge is 2.28. The van der Waals surface area contributed by atoms with Crippen molar-refractivity contribution in [3.63, 3.8) is 0 Å². The van der Waals surface area contributed by atoms with Crippen LogP contribution < -0.4 is 5.32 Å². The average molecular weight is 820 g/mol. The molecule has 58 heavy (non-hydrogen) atoms. The van der Waals surface area contributed by atoms with Crippen molar-refractivity contribution in [1.29, 1.82) is 0 Å². The number of rotatable bonds is 47. The fourth-order valence-corrected chi connectivity index (χ4v) is 8.07. The standard InChI is InChI=1S/C52H101NO5/c1-3-5-7-9-11-13-15-17-19-21-22-23-24-25-26-27-28-30-31-33-35-37-39-41-43-45-49(55)51(57)48(47-54)53-52(58)50(56)46-44-42-40-38-36-34-32-29-20-18-16-14-12-10-8-6-4-2/h30-31,37,39,48-51,54-57H,3-29,32-36,38,40-47H2,1-2H3,(H,53,58)/b31-30+,39-37+. The molecule has 0 rings (SSSR count). The topological polar surface area (TPSA) is 110 Å². The first kappa shape index (κ1) is 56.8. The first-order chi connectivity index (χ1) is 28.5. The van der Waals surface area contributed by atoms with Gasteiger partial charge in [0.1, 0.15) is 12.2 Å². The van der Waals surface area contributed by atoms with Crippen LogP contribution in [-0.2, 0) is 4.79 Å². The summed E-state index contributed by atoms with van der Waals surface area (Å²) in [6, 6.07) is -1.01. The van der Waals surface area contributed by atoms with E-state index in [1.54, 1.807) is 0 Å². The van der Waals surface area contributed by atoms with Gasteiger partial charge >= 0.3 is 0 Å². The Morgan fingerprint density at radius 3 is 1.09 bits per heavy atom. The molecule has 0 spiro atoms. The highest BCUT2D eigenvalue weighted by Crippen LogP contribution is 2.17. The average Bonchev–Trinajstić information content (AvgIpc) is 3.23. The van der Waals surface area contributed by atoms with Gasteiger partial charge in [-0.2, -0.15) is 0 Å². The molecular formula is C52H101NO5. The van der Waals surface area contributed by atoms with Gasteiger partial charge < -0.3 is 25.7 Å². The van der Waals surface area contributed by atoms with Crippen molar-refractivity contribution < 1.29 is 25.2 Å². The Morgan fingerprint density at radius 1 is 0.414 bits per heavy atom. The minimum absolute atomic E-state index is 0.364. The third kappa shape index (κ3) is 40.2. The van der Waals surface area contributed by atoms with Crippen molar-refractivity contribution in [2.45, 2.75) is 295 Å². The monoisotopic (exact) mass is 820 g/mol. The van der Waals surface area contributed by atoms with Crippen LogP contribution in [0.25, 0.3) is 0 Å². The van der Waals surface area contributed by atoms with Crippen LogP contribution in [0.4, 0.5) is 0 Å². The summed E-state index contributed by atoms with van der Waals surface area (Å²) in [4.78, 5) is 12.5. The van der Waals surface area contributed by atoms with Gasteiger partial charge in [0.05, 0.1) is 18.8 Å². The van der Waals surface area contributed by atoms with Crippen LogP contribution >= 0.6 is 0 Å². The molecule has 0 aliphatic carbocycles. The molecule has 0 aromatic carbocycles. The summed E-state index contributed by atoms with van der Waals surface area (Å²) in [5.74, 6) is -0.594. The Balaban J connectivity index is 3.71. The number of aliphatic hydroxyl groups is 4. The molecule has 0 aliphatic rings. The van der Waals surface area contributed by atoms with Crippen molar-refractivity contribution in [3.8, 4) is 0 Å². The zero-order valence-corrected chi connectivity index (χ0v) is 38.8. The Bertz CT molecular complexity index is 878. The van der Waals surface area contributed by atoms with Crippen LogP contribution in [0.15, 0.2) is 24.3 Å². The smallest absolute Gasteiger partial charge is 0.249 e. The summed E-state index contributed by atoms with van der Waals surface area (Å²) < 4.78 is 0. The van der Waals surface area contributed by atoms with Crippen molar-refractivity contribution >= 4 is 5.91 Å². The van der Waals surface area contributed by atoms with Gasteiger partial charge in [-0.3, -0.25) is 4.79 Å². The summed E-state index contributed by atoms with van der Waals surface area (Å²) in [7, 11) is 0. The van der Waals surface area contributed by atoms with E-state index in [0.717, 1.165) is 38.5 Å². The minimum Gasteiger partial charge on any atom is -0.394 e. The van der Waals surface area contributed by atoms with Crippen LogP contribution in [-0.4, -0.2) is 57.3 Å². The molecule has 0 aliphatic heterocycles. The molecule has 0 heterocycles. The molecule has 5 N–H and O–H groups in total. The second-order valence-electron chi connectivity index (χ2n) is 17.9. The van der Waals surface area contributed by atoms with Crippen LogP contribution in [0.5, 0.6) is 0 Å². The van der Waals surface area contributed by atoms with E-state index in [1.165, 1.54) is 199 Å². The van der Waals surface area contributed by atoms with Crippen molar-refractivity contribution in [2.24, 2.45) is 0 Å². The van der Waals surface area contributed by atoms with Gasteiger partial charge in [-0.15, -0.1) is 0 Å². The number of aliphatic hydroxyl groups excluding tert-OH is 4. The molecule has 1 amide bonds. The van der Waals surface area contributed by atoms with Crippen LogP contribution in [0.3, 0.4) is 0 Å². The third-order valence-corrected chi connectivity index (χ3v) is 12.1. The normalized spacial score (nSPS) is 14.1. The van der Waals surface area contributed by atoms with Gasteiger partial charge in [0.2, 0.25) is 5.91 Å². The molecule has 0 aromatic rings. The number of amides is 1. The third-order valence-electron chi connectivity index (χ3n) is 12.1. The zero-order valence-electron chi connectivity index (χ0n) is 38.8. The van der Waals surface area contributed by atoms with Crippen LogP contribution in [0.2, 0.25) is 0 Å². The Labute approximate surface area is 361 Å². The molecule has 0 saturated heterocycles. The number of hydrogen-bond donors (Lipinski definition) is 5. The predicted octanol–water partition coefficient (Wildman–Crippen LogP) is 14.3. The maximum atomic E-state index is 12.5. The number of carbonyl (C=O) groups excluding carboxylic acids is 1. The lowest BCUT2D eigenvalue weighted by atomic mass is 10.00. The molecular weight excluding hydrogens is 719 g/mol. The van der Waals surface area contributed by atoms with E-state index in [1.807, 2.05) is 0 Å². The fourth-order valence-electron chi connectivity index (χ4n) is 8.07. The van der Waals surface area contributed by atoms with Gasteiger partial charge in [-0.05, 0) is 51.4 Å². The predicted molar refractivity (Wildman–Crippen MR) is 251 cm³/mol. The quantitative estimate of drug-likeness (QED) is 0.0310. The molecule has 344 valence electrons. The van der Waals surface area contributed by atoms with Crippen molar-refractivity contribution in [1.82, 2.24) is 5.32 Å². The van der Waals surface area contributed by atoms with Gasteiger partial charge in [0, 0.05) is 0 Å². The Morgan fingerprint density at radius 2 is 0.724 bits per heavy atom. The lowest BCUT2D eigenvalue weighted by molar-refractivity contribution is -0.132. The highest BCUT2D eigenvalue weighted by atomic mass is 16.3. The molecule has 0 fully saturated rings. The van der Waals surface area contributed by atoms with E-state index >= 15 is 0 Å². The summed E-state index contributed by atoms with van der Waals surface area (Å²) >= 11 is 0.